The molecule has 0 fully saturated rings. The monoisotopic (exact) mass is 281 g/mol. The Morgan fingerprint density at radius 2 is 1.90 bits per heavy atom. The maximum atomic E-state index is 10.6. The van der Waals surface area contributed by atoms with Crippen LogP contribution in [0.2, 0.25) is 0 Å². The highest BCUT2D eigenvalue weighted by atomic mass is 16.4. The van der Waals surface area contributed by atoms with Crippen LogP contribution in [0, 0.1) is 0 Å². The highest BCUT2D eigenvalue weighted by molar-refractivity contribution is 5.66. The summed E-state index contributed by atoms with van der Waals surface area (Å²) in [6.07, 6.45) is 0.680. The second-order valence-corrected chi connectivity index (χ2v) is 5.25. The van der Waals surface area contributed by atoms with Gasteiger partial charge in [-0.15, -0.1) is 0 Å². The Bertz CT molecular complexity index is 459. The van der Waals surface area contributed by atoms with Crippen LogP contribution < -0.4 is 0 Å². The quantitative estimate of drug-likeness (QED) is 0.670. The number of nitrogens with zero attached hydrogens (tertiary/aromatic N) is 1. The molecule has 1 rings (SSSR count). The van der Waals surface area contributed by atoms with Gasteiger partial charge in [0.25, 0.3) is 0 Å². The number of hydrogen-bond donors (Lipinski definition) is 3. The van der Waals surface area contributed by atoms with Crippen LogP contribution in [0.5, 0.6) is 11.5 Å². The molecular weight excluding hydrogens is 258 g/mol. The smallest absolute Gasteiger partial charge is 0.303 e. The molecule has 0 saturated carbocycles. The lowest BCUT2D eigenvalue weighted by molar-refractivity contribution is -0.137. The van der Waals surface area contributed by atoms with E-state index in [1.165, 1.54) is 12.1 Å². The van der Waals surface area contributed by atoms with Crippen molar-refractivity contribution in [2.24, 2.45) is 0 Å². The van der Waals surface area contributed by atoms with Crippen LogP contribution in [0.4, 0.5) is 0 Å². The molecule has 0 bridgehead atoms. The molecule has 112 valence electrons. The maximum Gasteiger partial charge on any atom is 0.303 e. The van der Waals surface area contributed by atoms with Gasteiger partial charge in [-0.25, -0.2) is 0 Å². The van der Waals surface area contributed by atoms with E-state index in [2.05, 4.69) is 4.90 Å². The zero-order valence-corrected chi connectivity index (χ0v) is 12.2. The number of phenolic OH excluding ortho intramolecular Hbond substituents is 2. The van der Waals surface area contributed by atoms with Crippen LogP contribution in [0.1, 0.15) is 45.2 Å². The molecule has 5 heteroatoms. The Kier molecular flexibility index (Phi) is 5.82. The summed E-state index contributed by atoms with van der Waals surface area (Å²) >= 11 is 0. The van der Waals surface area contributed by atoms with E-state index in [-0.39, 0.29) is 30.0 Å². The zero-order valence-electron chi connectivity index (χ0n) is 12.2. The van der Waals surface area contributed by atoms with E-state index in [0.29, 0.717) is 18.5 Å². The summed E-state index contributed by atoms with van der Waals surface area (Å²) in [5.74, 6) is -0.556. The summed E-state index contributed by atoms with van der Waals surface area (Å²) < 4.78 is 0. The Morgan fingerprint density at radius 3 is 2.45 bits per heavy atom. The van der Waals surface area contributed by atoms with Gasteiger partial charge in [0.15, 0.2) is 0 Å². The van der Waals surface area contributed by atoms with Crippen molar-refractivity contribution >= 4 is 5.97 Å². The van der Waals surface area contributed by atoms with Crippen LogP contribution in [-0.4, -0.2) is 38.8 Å². The number of carbonyl (C=O) groups is 1. The predicted octanol–water partition coefficient (Wildman–Crippen LogP) is 2.73. The molecule has 0 aliphatic heterocycles. The Hall–Kier alpha value is -1.75. The van der Waals surface area contributed by atoms with Crippen molar-refractivity contribution in [3.63, 3.8) is 0 Å². The van der Waals surface area contributed by atoms with E-state index in [9.17, 15) is 15.0 Å². The molecule has 0 amide bonds. The van der Waals surface area contributed by atoms with Crippen molar-refractivity contribution in [2.75, 3.05) is 6.54 Å². The van der Waals surface area contributed by atoms with Crippen LogP contribution >= 0.6 is 0 Å². The van der Waals surface area contributed by atoms with Crippen molar-refractivity contribution < 1.29 is 20.1 Å². The van der Waals surface area contributed by atoms with E-state index >= 15 is 0 Å². The van der Waals surface area contributed by atoms with Gasteiger partial charge < -0.3 is 15.3 Å². The standard InChI is InChI=1S/C15H23NO4/c1-10(2)16(8-4-5-15(19)20)11(3)13-9-12(17)6-7-14(13)18/h6-7,9-11,17-18H,4-5,8H2,1-3H3,(H,19,20). The number of hydrogen-bond acceptors (Lipinski definition) is 4. The number of phenols is 2. The fourth-order valence-corrected chi connectivity index (χ4v) is 2.37. The molecule has 1 aromatic rings. The van der Waals surface area contributed by atoms with Crippen LogP contribution in [-0.2, 0) is 4.79 Å². The summed E-state index contributed by atoms with van der Waals surface area (Å²) in [5, 5.41) is 28.2. The Morgan fingerprint density at radius 1 is 1.25 bits per heavy atom. The van der Waals surface area contributed by atoms with Gasteiger partial charge >= 0.3 is 5.97 Å². The van der Waals surface area contributed by atoms with E-state index in [4.69, 9.17) is 5.11 Å². The van der Waals surface area contributed by atoms with Gasteiger partial charge in [0, 0.05) is 24.1 Å². The van der Waals surface area contributed by atoms with Crippen LogP contribution in [0.3, 0.4) is 0 Å². The van der Waals surface area contributed by atoms with E-state index < -0.39 is 5.97 Å². The van der Waals surface area contributed by atoms with Crippen LogP contribution in [0.25, 0.3) is 0 Å². The number of benzene rings is 1. The van der Waals surface area contributed by atoms with Crippen LogP contribution in [0.15, 0.2) is 18.2 Å². The van der Waals surface area contributed by atoms with E-state index in [1.54, 1.807) is 6.07 Å². The molecule has 1 unspecified atom stereocenters. The highest BCUT2D eigenvalue weighted by Crippen LogP contribution is 2.32. The third-order valence-electron chi connectivity index (χ3n) is 3.43. The molecule has 0 heterocycles. The normalized spacial score (nSPS) is 12.8. The van der Waals surface area contributed by atoms with E-state index in [1.807, 2.05) is 20.8 Å². The zero-order chi connectivity index (χ0) is 15.3. The first-order valence-electron chi connectivity index (χ1n) is 6.82. The average molecular weight is 281 g/mol. The van der Waals surface area contributed by atoms with Crippen molar-refractivity contribution in [2.45, 2.75) is 45.7 Å². The molecule has 20 heavy (non-hydrogen) atoms. The van der Waals surface area contributed by atoms with E-state index in [0.717, 1.165) is 0 Å². The van der Waals surface area contributed by atoms with Gasteiger partial charge in [-0.05, 0) is 51.9 Å². The number of carboxylic acid groups (broad SMARTS) is 1. The summed E-state index contributed by atoms with van der Waals surface area (Å²) in [6, 6.07) is 4.57. The minimum Gasteiger partial charge on any atom is -0.508 e. The number of aliphatic carboxylic acids is 1. The highest BCUT2D eigenvalue weighted by Gasteiger charge is 2.21. The summed E-state index contributed by atoms with van der Waals surface area (Å²) in [5.41, 5.74) is 0.647. The van der Waals surface area contributed by atoms with Gasteiger partial charge in [-0.1, -0.05) is 0 Å². The molecule has 5 nitrogen and oxygen atoms in total. The summed E-state index contributed by atoms with van der Waals surface area (Å²) in [4.78, 5) is 12.7. The lowest BCUT2D eigenvalue weighted by atomic mass is 10.0. The first-order valence-corrected chi connectivity index (χ1v) is 6.82. The van der Waals surface area contributed by atoms with Crippen molar-refractivity contribution in [1.29, 1.82) is 0 Å². The van der Waals surface area contributed by atoms with Gasteiger partial charge in [0.05, 0.1) is 0 Å². The van der Waals surface area contributed by atoms with Gasteiger partial charge in [0.1, 0.15) is 11.5 Å². The lowest BCUT2D eigenvalue weighted by Gasteiger charge is -2.33. The van der Waals surface area contributed by atoms with Gasteiger partial charge in [-0.2, -0.15) is 0 Å². The molecule has 0 radical (unpaired) electrons. The topological polar surface area (TPSA) is 81.0 Å². The average Bonchev–Trinajstić information content (AvgIpc) is 2.36. The molecule has 0 aliphatic rings. The Balaban J connectivity index is 2.85. The third kappa shape index (κ3) is 4.42. The fraction of sp³-hybridized carbons (Fsp3) is 0.533. The molecule has 0 spiro atoms. The largest absolute Gasteiger partial charge is 0.508 e. The molecule has 1 atom stereocenters. The Labute approximate surface area is 119 Å². The van der Waals surface area contributed by atoms with Crippen molar-refractivity contribution in [3.05, 3.63) is 23.8 Å². The number of aromatic hydroxyl groups is 2. The second kappa shape index (κ2) is 7.14. The number of carboxylic acids is 1. The maximum absolute atomic E-state index is 10.6. The molecule has 0 aliphatic carbocycles. The summed E-state index contributed by atoms with van der Waals surface area (Å²) in [6.45, 7) is 6.61. The fourth-order valence-electron chi connectivity index (χ4n) is 2.37. The lowest BCUT2D eigenvalue weighted by Crippen LogP contribution is -2.34. The minimum absolute atomic E-state index is 0.101. The first kappa shape index (κ1) is 16.3. The van der Waals surface area contributed by atoms with Gasteiger partial charge in [-0.3, -0.25) is 9.69 Å². The molecule has 3 N–H and O–H groups in total. The third-order valence-corrected chi connectivity index (χ3v) is 3.43. The van der Waals surface area contributed by atoms with Crippen molar-refractivity contribution in [3.8, 4) is 11.5 Å². The summed E-state index contributed by atoms with van der Waals surface area (Å²) in [7, 11) is 0. The second-order valence-electron chi connectivity index (χ2n) is 5.25. The molecular formula is C15H23NO4. The minimum atomic E-state index is -0.804. The predicted molar refractivity (Wildman–Crippen MR) is 76.9 cm³/mol. The first-order chi connectivity index (χ1) is 9.32. The molecule has 0 saturated heterocycles. The van der Waals surface area contributed by atoms with Crippen molar-refractivity contribution in [1.82, 2.24) is 4.90 Å². The molecule has 0 aromatic heterocycles. The number of rotatable bonds is 7. The SMILES string of the molecule is CC(C)N(CCCC(=O)O)C(C)c1cc(O)ccc1O. The van der Waals surface area contributed by atoms with Gasteiger partial charge in [0.2, 0.25) is 0 Å². The molecule has 1 aromatic carbocycles.